The maximum Gasteiger partial charge on any atom is 0.335 e. The number of unbranched alkanes of at least 4 members (excludes halogenated alkanes) is 1. The molecule has 0 heterocycles. The molecular weight excluding hydrogens is 368 g/mol. The third kappa shape index (κ3) is 6.10. The van der Waals surface area contributed by atoms with Crippen LogP contribution in [0.2, 0.25) is 0 Å². The highest BCUT2D eigenvalue weighted by molar-refractivity contribution is 7.92. The van der Waals surface area contributed by atoms with E-state index in [0.717, 1.165) is 6.42 Å². The summed E-state index contributed by atoms with van der Waals surface area (Å²) in [4.78, 5) is 23.5. The average molecular weight is 390 g/mol. The van der Waals surface area contributed by atoms with Crippen molar-refractivity contribution in [2.24, 2.45) is 0 Å². The number of benzene rings is 2. The molecule has 0 saturated carbocycles. The van der Waals surface area contributed by atoms with Gasteiger partial charge in [0.15, 0.2) is 0 Å². The van der Waals surface area contributed by atoms with E-state index in [9.17, 15) is 18.0 Å². The van der Waals surface area contributed by atoms with Crippen LogP contribution in [0, 0.1) is 6.92 Å². The van der Waals surface area contributed by atoms with Gasteiger partial charge in [-0.15, -0.1) is 0 Å². The fraction of sp³-hybridized carbons (Fsp3) is 0.263. The molecule has 1 amide bonds. The van der Waals surface area contributed by atoms with E-state index in [1.807, 2.05) is 6.92 Å². The summed E-state index contributed by atoms with van der Waals surface area (Å²) in [5, 5.41) is 11.8. The maximum absolute atomic E-state index is 12.4. The van der Waals surface area contributed by atoms with Gasteiger partial charge in [0.1, 0.15) is 0 Å². The second-order valence-electron chi connectivity index (χ2n) is 6.20. The van der Waals surface area contributed by atoms with E-state index in [0.29, 0.717) is 23.4 Å². The van der Waals surface area contributed by atoms with Crippen molar-refractivity contribution in [2.45, 2.75) is 26.7 Å². The molecule has 0 saturated heterocycles. The zero-order valence-corrected chi connectivity index (χ0v) is 16.0. The molecular formula is C19H22N2O5S. The molecule has 2 aromatic carbocycles. The Kier molecular flexibility index (Phi) is 6.57. The molecule has 0 aliphatic rings. The molecule has 0 aliphatic heterocycles. The number of sulfonamides is 1. The van der Waals surface area contributed by atoms with E-state index in [4.69, 9.17) is 5.11 Å². The predicted octanol–water partition coefficient (Wildman–Crippen LogP) is 3.49. The molecule has 0 unspecified atom stereocenters. The van der Waals surface area contributed by atoms with E-state index < -0.39 is 21.9 Å². The molecule has 0 bridgehead atoms. The molecule has 0 fully saturated rings. The first-order chi connectivity index (χ1) is 12.7. The second kappa shape index (κ2) is 8.68. The van der Waals surface area contributed by atoms with Crippen LogP contribution in [0.25, 0.3) is 0 Å². The summed E-state index contributed by atoms with van der Waals surface area (Å²) >= 11 is 0. The summed E-state index contributed by atoms with van der Waals surface area (Å²) in [5.41, 5.74) is 1.81. The van der Waals surface area contributed by atoms with Gasteiger partial charge < -0.3 is 10.4 Å². The Bertz CT molecular complexity index is 937. The number of carboxylic acid groups (broad SMARTS) is 1. The van der Waals surface area contributed by atoms with E-state index in [2.05, 4.69) is 10.0 Å². The number of rotatable bonds is 8. The molecule has 2 aromatic rings. The van der Waals surface area contributed by atoms with Gasteiger partial charge in [-0.25, -0.2) is 13.2 Å². The lowest BCUT2D eigenvalue weighted by atomic mass is 10.1. The minimum Gasteiger partial charge on any atom is -0.478 e. The number of hydrogen-bond acceptors (Lipinski definition) is 4. The Morgan fingerprint density at radius 3 is 2.19 bits per heavy atom. The first kappa shape index (κ1) is 20.4. The third-order valence-corrected chi connectivity index (χ3v) is 5.14. The lowest BCUT2D eigenvalue weighted by Gasteiger charge is -2.10. The number of carboxylic acids is 1. The average Bonchev–Trinajstić information content (AvgIpc) is 2.61. The summed E-state index contributed by atoms with van der Waals surface area (Å²) < 4.78 is 26.3. The zero-order chi connectivity index (χ0) is 20.0. The maximum atomic E-state index is 12.4. The van der Waals surface area contributed by atoms with Crippen molar-refractivity contribution in [3.63, 3.8) is 0 Å². The number of carbonyl (C=O) groups is 2. The summed E-state index contributed by atoms with van der Waals surface area (Å²) in [6.07, 6.45) is 1.37. The lowest BCUT2D eigenvalue weighted by Crippen LogP contribution is -2.16. The van der Waals surface area contributed by atoms with Crippen LogP contribution in [0.15, 0.2) is 42.5 Å². The molecule has 27 heavy (non-hydrogen) atoms. The number of aromatic carboxylic acids is 1. The number of hydrogen-bond donors (Lipinski definition) is 3. The van der Waals surface area contributed by atoms with E-state index in [1.54, 1.807) is 37.3 Å². The highest BCUT2D eigenvalue weighted by Gasteiger charge is 2.12. The van der Waals surface area contributed by atoms with Crippen molar-refractivity contribution in [3.05, 3.63) is 59.2 Å². The zero-order valence-electron chi connectivity index (χ0n) is 15.2. The van der Waals surface area contributed by atoms with Crippen LogP contribution in [0.3, 0.4) is 0 Å². The third-order valence-electron chi connectivity index (χ3n) is 3.77. The predicted molar refractivity (Wildman–Crippen MR) is 105 cm³/mol. The Morgan fingerprint density at radius 2 is 1.59 bits per heavy atom. The smallest absolute Gasteiger partial charge is 0.335 e. The van der Waals surface area contributed by atoms with Gasteiger partial charge in [-0.1, -0.05) is 13.3 Å². The molecule has 0 aromatic heterocycles. The molecule has 0 aliphatic carbocycles. The molecule has 8 heteroatoms. The van der Waals surface area contributed by atoms with Gasteiger partial charge in [-0.2, -0.15) is 0 Å². The van der Waals surface area contributed by atoms with Crippen molar-refractivity contribution in [3.8, 4) is 0 Å². The van der Waals surface area contributed by atoms with Crippen LogP contribution in [0.5, 0.6) is 0 Å². The van der Waals surface area contributed by atoms with Gasteiger partial charge >= 0.3 is 5.97 Å². The van der Waals surface area contributed by atoms with Crippen molar-refractivity contribution in [1.29, 1.82) is 0 Å². The quantitative estimate of drug-likeness (QED) is 0.639. The standard InChI is InChI=1S/C19H22N2O5S/c1-3-4-9-27(25,26)21-17-7-5-16(6-8-17)20-18(22)14-10-13(2)11-15(12-14)19(23)24/h5-8,10-12,21H,3-4,9H2,1-2H3,(H,20,22)(H,23,24). The Labute approximate surface area is 158 Å². The highest BCUT2D eigenvalue weighted by Crippen LogP contribution is 2.17. The monoisotopic (exact) mass is 390 g/mol. The van der Waals surface area contributed by atoms with Gasteiger partial charge in [0, 0.05) is 16.9 Å². The van der Waals surface area contributed by atoms with E-state index in [-0.39, 0.29) is 16.9 Å². The minimum absolute atomic E-state index is 0.0389. The SMILES string of the molecule is CCCCS(=O)(=O)Nc1ccc(NC(=O)c2cc(C)cc(C(=O)O)c2)cc1. The van der Waals surface area contributed by atoms with Crippen molar-refractivity contribution >= 4 is 33.3 Å². The number of aryl methyl sites for hydroxylation is 1. The number of amides is 1. The molecule has 0 atom stereocenters. The minimum atomic E-state index is -3.39. The van der Waals surface area contributed by atoms with Crippen molar-refractivity contribution in [1.82, 2.24) is 0 Å². The lowest BCUT2D eigenvalue weighted by molar-refractivity contribution is 0.0696. The summed E-state index contributed by atoms with van der Waals surface area (Å²) in [6, 6.07) is 10.6. The molecule has 2 rings (SSSR count). The van der Waals surface area contributed by atoms with Crippen LogP contribution in [-0.2, 0) is 10.0 Å². The van der Waals surface area contributed by atoms with Crippen LogP contribution in [-0.4, -0.2) is 31.2 Å². The largest absolute Gasteiger partial charge is 0.478 e. The normalized spacial score (nSPS) is 11.0. The Balaban J connectivity index is 2.08. The first-order valence-electron chi connectivity index (χ1n) is 8.47. The summed E-state index contributed by atoms with van der Waals surface area (Å²) in [7, 11) is -3.39. The van der Waals surface area contributed by atoms with Crippen LogP contribution in [0.4, 0.5) is 11.4 Å². The molecule has 0 spiro atoms. The molecule has 7 nitrogen and oxygen atoms in total. The molecule has 3 N–H and O–H groups in total. The van der Waals surface area contributed by atoms with E-state index >= 15 is 0 Å². The summed E-state index contributed by atoms with van der Waals surface area (Å²) in [6.45, 7) is 3.63. The van der Waals surface area contributed by atoms with Crippen LogP contribution < -0.4 is 10.0 Å². The fourth-order valence-corrected chi connectivity index (χ4v) is 3.69. The number of carbonyl (C=O) groups excluding carboxylic acids is 1. The van der Waals surface area contributed by atoms with E-state index in [1.165, 1.54) is 12.1 Å². The van der Waals surface area contributed by atoms with Gasteiger partial charge in [-0.05, 0) is 61.4 Å². The molecule has 144 valence electrons. The second-order valence-corrected chi connectivity index (χ2v) is 8.04. The van der Waals surface area contributed by atoms with Gasteiger partial charge in [0.25, 0.3) is 5.91 Å². The van der Waals surface area contributed by atoms with Gasteiger partial charge in [-0.3, -0.25) is 9.52 Å². The van der Waals surface area contributed by atoms with Crippen LogP contribution >= 0.6 is 0 Å². The first-order valence-corrected chi connectivity index (χ1v) is 10.1. The summed E-state index contributed by atoms with van der Waals surface area (Å²) in [5.74, 6) is -1.49. The Morgan fingerprint density at radius 1 is 1.00 bits per heavy atom. The highest BCUT2D eigenvalue weighted by atomic mass is 32.2. The Hall–Kier alpha value is -2.87. The number of nitrogens with one attached hydrogen (secondary N) is 2. The van der Waals surface area contributed by atoms with Crippen LogP contribution in [0.1, 0.15) is 46.0 Å². The van der Waals surface area contributed by atoms with Gasteiger partial charge in [0.2, 0.25) is 10.0 Å². The van der Waals surface area contributed by atoms with Crippen molar-refractivity contribution in [2.75, 3.05) is 15.8 Å². The van der Waals surface area contributed by atoms with Crippen molar-refractivity contribution < 1.29 is 23.1 Å². The topological polar surface area (TPSA) is 113 Å². The molecule has 0 radical (unpaired) electrons. The number of anilines is 2. The van der Waals surface area contributed by atoms with Gasteiger partial charge in [0.05, 0.1) is 11.3 Å². The fourth-order valence-electron chi connectivity index (χ4n) is 2.43.